The van der Waals surface area contributed by atoms with Gasteiger partial charge in [-0.1, -0.05) is 116 Å². The SMILES string of the molecule is C[C@@H]1NC2[C@@H](c3ccccc3)C=CC=C[C@H]2N1[Si](C)(C)C1C2C=CC=CC2C2C=CC=CC21. The van der Waals surface area contributed by atoms with Crippen LogP contribution in [0.3, 0.4) is 0 Å². The highest BCUT2D eigenvalue weighted by atomic mass is 28.3. The van der Waals surface area contributed by atoms with Crippen LogP contribution < -0.4 is 5.32 Å². The summed E-state index contributed by atoms with van der Waals surface area (Å²) in [6, 6.07) is 11.9. The first-order valence-corrected chi connectivity index (χ1v) is 15.7. The lowest BCUT2D eigenvalue weighted by Crippen LogP contribution is -2.59. The van der Waals surface area contributed by atoms with E-state index < -0.39 is 8.24 Å². The van der Waals surface area contributed by atoms with Crippen LogP contribution in [0.4, 0.5) is 0 Å². The molecule has 170 valence electrons. The van der Waals surface area contributed by atoms with Crippen molar-refractivity contribution in [3.8, 4) is 0 Å². The van der Waals surface area contributed by atoms with Crippen molar-refractivity contribution in [1.29, 1.82) is 0 Å². The third-order valence-electron chi connectivity index (χ3n) is 9.05. The van der Waals surface area contributed by atoms with Crippen LogP contribution in [0, 0.1) is 23.7 Å². The molecule has 1 saturated heterocycles. The molecule has 0 amide bonds. The van der Waals surface area contributed by atoms with Gasteiger partial charge in [0.25, 0.3) is 0 Å². The van der Waals surface area contributed by atoms with E-state index in [1.54, 1.807) is 0 Å². The summed E-state index contributed by atoms with van der Waals surface area (Å²) in [6.07, 6.45) is 29.0. The Balaban J connectivity index is 1.38. The quantitative estimate of drug-likeness (QED) is 0.550. The summed E-state index contributed by atoms with van der Waals surface area (Å²) in [4.78, 5) is 0. The maximum absolute atomic E-state index is 4.06. The monoisotopic (exact) mass is 452 g/mol. The van der Waals surface area contributed by atoms with Gasteiger partial charge in [-0.2, -0.15) is 0 Å². The van der Waals surface area contributed by atoms with Crippen LogP contribution in [0.25, 0.3) is 0 Å². The van der Waals surface area contributed by atoms with E-state index in [0.717, 1.165) is 0 Å². The largest absolute Gasteiger partial charge is 0.302 e. The fraction of sp³-hybridized carbons (Fsp3) is 0.400. The molecular weight excluding hydrogens is 416 g/mol. The zero-order valence-electron chi connectivity index (χ0n) is 20.0. The maximum Gasteiger partial charge on any atom is 0.129 e. The Bertz CT molecular complexity index is 1030. The fourth-order valence-corrected chi connectivity index (χ4v) is 12.9. The van der Waals surface area contributed by atoms with Gasteiger partial charge in [-0.05, 0) is 41.7 Å². The topological polar surface area (TPSA) is 15.3 Å². The molecule has 33 heavy (non-hydrogen) atoms. The van der Waals surface area contributed by atoms with E-state index in [1.807, 2.05) is 0 Å². The molecule has 1 aliphatic heterocycles. The Labute approximate surface area is 200 Å². The Kier molecular flexibility index (Phi) is 5.32. The van der Waals surface area contributed by atoms with Crippen LogP contribution >= 0.6 is 0 Å². The molecule has 2 fully saturated rings. The van der Waals surface area contributed by atoms with E-state index in [9.17, 15) is 0 Å². The maximum atomic E-state index is 4.06. The van der Waals surface area contributed by atoms with Gasteiger partial charge in [-0.15, -0.1) is 0 Å². The lowest BCUT2D eigenvalue weighted by Gasteiger charge is -2.47. The number of benzene rings is 1. The number of allylic oxidation sites excluding steroid dienone is 10. The third-order valence-corrected chi connectivity index (χ3v) is 13.5. The van der Waals surface area contributed by atoms with Crippen LogP contribution in [-0.4, -0.2) is 31.1 Å². The number of hydrogen-bond donors (Lipinski definition) is 1. The summed E-state index contributed by atoms with van der Waals surface area (Å²) in [6.45, 7) is 7.71. The second-order valence-corrected chi connectivity index (χ2v) is 15.5. The van der Waals surface area contributed by atoms with Gasteiger partial charge >= 0.3 is 0 Å². The Morgan fingerprint density at radius 3 is 1.88 bits per heavy atom. The highest BCUT2D eigenvalue weighted by Crippen LogP contribution is 2.59. The zero-order valence-corrected chi connectivity index (χ0v) is 21.0. The summed E-state index contributed by atoms with van der Waals surface area (Å²) in [5.41, 5.74) is 2.12. The van der Waals surface area contributed by atoms with Gasteiger partial charge in [-0.25, -0.2) is 0 Å². The molecule has 4 aliphatic carbocycles. The van der Waals surface area contributed by atoms with Crippen LogP contribution in [-0.2, 0) is 0 Å². The van der Waals surface area contributed by atoms with E-state index in [-0.39, 0.29) is 0 Å². The predicted octanol–water partition coefficient (Wildman–Crippen LogP) is 6.19. The van der Waals surface area contributed by atoms with Crippen molar-refractivity contribution < 1.29 is 0 Å². The number of rotatable bonds is 3. The molecule has 5 unspecified atom stereocenters. The average molecular weight is 453 g/mol. The minimum atomic E-state index is -1.86. The zero-order chi connectivity index (χ0) is 22.6. The van der Waals surface area contributed by atoms with Gasteiger partial charge in [0.15, 0.2) is 0 Å². The Morgan fingerprint density at radius 1 is 0.697 bits per heavy atom. The highest BCUT2D eigenvalue weighted by molar-refractivity contribution is 6.76. The molecule has 0 bridgehead atoms. The number of hydrogen-bond acceptors (Lipinski definition) is 2. The minimum Gasteiger partial charge on any atom is -0.302 e. The van der Waals surface area contributed by atoms with E-state index in [4.69, 9.17) is 0 Å². The predicted molar refractivity (Wildman–Crippen MR) is 141 cm³/mol. The van der Waals surface area contributed by atoms with Crippen molar-refractivity contribution in [2.45, 2.75) is 49.7 Å². The standard InChI is InChI=1S/C30H36N2Si/c1-21-31-29-23(22-13-5-4-6-14-22)15-11-12-20-28(29)32(21)33(2,3)30-26-18-9-7-16-24(26)25-17-8-10-19-27(25)30/h4-21,23-31H,1-3H3/t21-,23-,24?,25?,26?,27?,28-,29?,30?/m1/s1. The lowest BCUT2D eigenvalue weighted by atomic mass is 9.83. The molecule has 1 aromatic carbocycles. The lowest BCUT2D eigenvalue weighted by molar-refractivity contribution is 0.335. The molecule has 0 radical (unpaired) electrons. The third kappa shape index (κ3) is 3.36. The number of nitrogens with zero attached hydrogens (tertiary/aromatic N) is 1. The molecule has 1 aromatic rings. The van der Waals surface area contributed by atoms with Gasteiger partial charge in [0, 0.05) is 18.0 Å². The molecule has 1 N–H and O–H groups in total. The van der Waals surface area contributed by atoms with Crippen molar-refractivity contribution in [3.05, 3.63) is 109 Å². The molecule has 5 aliphatic rings. The summed E-state index contributed by atoms with van der Waals surface area (Å²) >= 11 is 0. The van der Waals surface area contributed by atoms with E-state index in [2.05, 4.69) is 133 Å². The molecule has 1 heterocycles. The van der Waals surface area contributed by atoms with Gasteiger partial charge in [0.1, 0.15) is 8.24 Å². The number of fused-ring (bicyclic) bond motifs is 4. The van der Waals surface area contributed by atoms with E-state index in [1.165, 1.54) is 5.56 Å². The van der Waals surface area contributed by atoms with E-state index in [0.29, 0.717) is 53.4 Å². The van der Waals surface area contributed by atoms with Crippen molar-refractivity contribution in [2.75, 3.05) is 0 Å². The normalized spacial score (nSPS) is 41.1. The summed E-state index contributed by atoms with van der Waals surface area (Å²) in [7, 11) is -1.86. The molecule has 2 nitrogen and oxygen atoms in total. The summed E-state index contributed by atoms with van der Waals surface area (Å²) < 4.78 is 2.94. The molecular formula is C30H36N2Si. The second kappa shape index (κ2) is 8.23. The van der Waals surface area contributed by atoms with E-state index >= 15 is 0 Å². The first-order valence-electron chi connectivity index (χ1n) is 12.7. The highest BCUT2D eigenvalue weighted by Gasteiger charge is 2.59. The van der Waals surface area contributed by atoms with Crippen LogP contribution in [0.5, 0.6) is 0 Å². The molecule has 3 heteroatoms. The molecule has 6 rings (SSSR count). The Morgan fingerprint density at radius 2 is 1.24 bits per heavy atom. The minimum absolute atomic E-state index is 0.382. The molecule has 8 atom stereocenters. The molecule has 1 saturated carbocycles. The van der Waals surface area contributed by atoms with Crippen LogP contribution in [0.2, 0.25) is 18.6 Å². The van der Waals surface area contributed by atoms with Gasteiger partial charge in [-0.3, -0.25) is 5.32 Å². The second-order valence-electron chi connectivity index (χ2n) is 11.0. The van der Waals surface area contributed by atoms with Crippen LogP contribution in [0.15, 0.2) is 103 Å². The first kappa shape index (κ1) is 21.3. The smallest absolute Gasteiger partial charge is 0.129 e. The van der Waals surface area contributed by atoms with Crippen molar-refractivity contribution >= 4 is 8.24 Å². The summed E-state index contributed by atoms with van der Waals surface area (Å²) in [5.74, 6) is 2.96. The summed E-state index contributed by atoms with van der Waals surface area (Å²) in [5, 5.41) is 4.06. The van der Waals surface area contributed by atoms with Gasteiger partial charge in [0.2, 0.25) is 0 Å². The van der Waals surface area contributed by atoms with Gasteiger partial charge in [0.05, 0.1) is 6.17 Å². The molecule has 0 spiro atoms. The first-order chi connectivity index (χ1) is 16.1. The molecule has 0 aromatic heterocycles. The Hall–Kier alpha value is -2.20. The van der Waals surface area contributed by atoms with Crippen molar-refractivity contribution in [1.82, 2.24) is 9.88 Å². The van der Waals surface area contributed by atoms with Crippen LogP contribution in [0.1, 0.15) is 18.4 Å². The van der Waals surface area contributed by atoms with Crippen molar-refractivity contribution in [2.24, 2.45) is 23.7 Å². The van der Waals surface area contributed by atoms with Crippen molar-refractivity contribution in [3.63, 3.8) is 0 Å². The number of nitrogens with one attached hydrogen (secondary N) is 1. The fourth-order valence-electron chi connectivity index (χ4n) is 7.92. The van der Waals surface area contributed by atoms with Gasteiger partial charge < -0.3 is 4.57 Å². The average Bonchev–Trinajstić information content (AvgIpc) is 3.27.